The quantitative estimate of drug-likeness (QED) is 0.242. The number of aromatic nitrogens is 1. The zero-order valence-electron chi connectivity index (χ0n) is 16.2. The maximum atomic E-state index is 12.6. The number of para-hydroxylation sites is 1. The van der Waals surface area contributed by atoms with Crippen LogP contribution in [-0.4, -0.2) is 27.7 Å². The normalized spacial score (nSPS) is 10.6. The fraction of sp³-hybridized carbons (Fsp3) is 0.174. The number of halogens is 1. The molecule has 0 bridgehead atoms. The number of anilines is 1. The molecule has 0 spiro atoms. The molecule has 0 fully saturated rings. The smallest absolute Gasteiger partial charge is 0.303 e. The first-order chi connectivity index (χ1) is 14.5. The lowest BCUT2D eigenvalue weighted by atomic mass is 10.0. The van der Waals surface area contributed by atoms with Crippen LogP contribution in [0.5, 0.6) is 0 Å². The predicted octanol–water partition coefficient (Wildman–Crippen LogP) is 6.00. The zero-order valence-corrected chi connectivity index (χ0v) is 17.7. The number of carboxylic acid groups (broad SMARTS) is 1. The van der Waals surface area contributed by atoms with Crippen LogP contribution in [-0.2, 0) is 4.79 Å². The molecule has 0 saturated carbocycles. The Bertz CT molecular complexity index is 1020. The maximum Gasteiger partial charge on any atom is 0.303 e. The summed E-state index contributed by atoms with van der Waals surface area (Å²) in [5, 5.41) is 11.8. The zero-order chi connectivity index (χ0) is 21.3. The molecule has 0 radical (unpaired) electrons. The monoisotopic (exact) mass is 440 g/mol. The molecule has 2 aromatic carbocycles. The molecular weight excluding hydrogens is 420 g/mol. The van der Waals surface area contributed by atoms with Gasteiger partial charge in [0.25, 0.3) is 5.91 Å². The molecule has 0 aliphatic rings. The van der Waals surface area contributed by atoms with Gasteiger partial charge in [-0.2, -0.15) is 0 Å². The van der Waals surface area contributed by atoms with Gasteiger partial charge in [-0.1, -0.05) is 41.9 Å². The second-order valence-corrected chi connectivity index (χ2v) is 8.09. The van der Waals surface area contributed by atoms with Crippen LogP contribution >= 0.6 is 23.4 Å². The van der Waals surface area contributed by atoms with E-state index in [-0.39, 0.29) is 17.5 Å². The van der Waals surface area contributed by atoms with Gasteiger partial charge in [0, 0.05) is 28.8 Å². The Morgan fingerprint density at radius 2 is 1.77 bits per heavy atom. The van der Waals surface area contributed by atoms with Crippen molar-refractivity contribution >= 4 is 40.9 Å². The molecule has 7 heteroatoms. The minimum Gasteiger partial charge on any atom is -0.481 e. The van der Waals surface area contributed by atoms with Gasteiger partial charge < -0.3 is 10.4 Å². The standard InChI is InChI=1S/C23H21ClN2O3S/c24-22-19(7-5-14-25-22)23(29)26-20-8-2-1-6-18(20)16-10-12-17(13-11-16)30-15-4-3-9-21(27)28/h1-2,5-8,10-14H,3-4,9,15H2,(H,26,29)(H,27,28). The summed E-state index contributed by atoms with van der Waals surface area (Å²) in [5.74, 6) is -0.180. The largest absolute Gasteiger partial charge is 0.481 e. The van der Waals surface area contributed by atoms with Crippen molar-refractivity contribution < 1.29 is 14.7 Å². The van der Waals surface area contributed by atoms with Gasteiger partial charge in [-0.25, -0.2) is 4.98 Å². The fourth-order valence-electron chi connectivity index (χ4n) is 2.89. The number of unbranched alkanes of at least 4 members (excludes halogenated alkanes) is 1. The first-order valence-electron chi connectivity index (χ1n) is 9.50. The molecule has 2 N–H and O–H groups in total. The van der Waals surface area contributed by atoms with E-state index in [0.717, 1.165) is 28.2 Å². The summed E-state index contributed by atoms with van der Waals surface area (Å²) in [4.78, 5) is 28.2. The van der Waals surface area contributed by atoms with Crippen LogP contribution in [0.15, 0.2) is 71.8 Å². The SMILES string of the molecule is O=C(O)CCCCSc1ccc(-c2ccccc2NC(=O)c2cccnc2Cl)cc1. The van der Waals surface area contributed by atoms with Gasteiger partial charge in [0.15, 0.2) is 0 Å². The van der Waals surface area contributed by atoms with Crippen LogP contribution in [0.2, 0.25) is 5.15 Å². The Kier molecular flexibility index (Phi) is 7.88. The van der Waals surface area contributed by atoms with Crippen molar-refractivity contribution in [2.45, 2.75) is 24.2 Å². The number of hydrogen-bond acceptors (Lipinski definition) is 4. The van der Waals surface area contributed by atoms with Gasteiger partial charge in [0.1, 0.15) is 5.15 Å². The highest BCUT2D eigenvalue weighted by Gasteiger charge is 2.13. The molecule has 0 aliphatic carbocycles. The lowest BCUT2D eigenvalue weighted by molar-refractivity contribution is -0.137. The van der Waals surface area contributed by atoms with Crippen LogP contribution in [0.25, 0.3) is 11.1 Å². The second kappa shape index (κ2) is 10.8. The second-order valence-electron chi connectivity index (χ2n) is 6.57. The number of nitrogens with zero attached hydrogens (tertiary/aromatic N) is 1. The summed E-state index contributed by atoms with van der Waals surface area (Å²) >= 11 is 7.74. The summed E-state index contributed by atoms with van der Waals surface area (Å²) in [6, 6.07) is 19.0. The molecule has 0 unspecified atom stereocenters. The number of thioether (sulfide) groups is 1. The third-order valence-electron chi connectivity index (χ3n) is 4.40. The van der Waals surface area contributed by atoms with E-state index in [0.29, 0.717) is 17.7 Å². The van der Waals surface area contributed by atoms with Crippen LogP contribution in [0.3, 0.4) is 0 Å². The van der Waals surface area contributed by atoms with Crippen LogP contribution in [0.1, 0.15) is 29.6 Å². The number of carbonyl (C=O) groups excluding carboxylic acids is 1. The summed E-state index contributed by atoms with van der Waals surface area (Å²) in [6.07, 6.45) is 3.31. The Hall–Kier alpha value is -2.83. The molecular formula is C23H21ClN2O3S. The number of benzene rings is 2. The minimum absolute atomic E-state index is 0.164. The Morgan fingerprint density at radius 1 is 1.00 bits per heavy atom. The highest BCUT2D eigenvalue weighted by atomic mass is 35.5. The van der Waals surface area contributed by atoms with Gasteiger partial charge in [-0.05, 0) is 54.5 Å². The first kappa shape index (κ1) is 21.9. The number of hydrogen-bond donors (Lipinski definition) is 2. The molecule has 154 valence electrons. The molecule has 1 heterocycles. The van der Waals surface area contributed by atoms with Gasteiger partial charge >= 0.3 is 5.97 Å². The number of aliphatic carboxylic acids is 1. The summed E-state index contributed by atoms with van der Waals surface area (Å²) < 4.78 is 0. The van der Waals surface area contributed by atoms with Gasteiger partial charge in [0.2, 0.25) is 0 Å². The van der Waals surface area contributed by atoms with Crippen molar-refractivity contribution in [2.75, 3.05) is 11.1 Å². The van der Waals surface area contributed by atoms with E-state index in [1.807, 2.05) is 48.5 Å². The van der Waals surface area contributed by atoms with Crippen LogP contribution < -0.4 is 5.32 Å². The third kappa shape index (κ3) is 6.08. The first-order valence-corrected chi connectivity index (χ1v) is 10.9. The Balaban J connectivity index is 1.67. The van der Waals surface area contributed by atoms with E-state index in [4.69, 9.17) is 16.7 Å². The van der Waals surface area contributed by atoms with Crippen molar-refractivity contribution in [1.29, 1.82) is 0 Å². The minimum atomic E-state index is -0.749. The van der Waals surface area contributed by atoms with E-state index in [1.165, 1.54) is 0 Å². The van der Waals surface area contributed by atoms with Crippen molar-refractivity contribution in [2.24, 2.45) is 0 Å². The number of carboxylic acids is 1. The lowest BCUT2D eigenvalue weighted by Gasteiger charge is -2.12. The predicted molar refractivity (Wildman–Crippen MR) is 121 cm³/mol. The summed E-state index contributed by atoms with van der Waals surface area (Å²) in [7, 11) is 0. The molecule has 30 heavy (non-hydrogen) atoms. The number of rotatable bonds is 9. The summed E-state index contributed by atoms with van der Waals surface area (Å²) in [5.41, 5.74) is 2.90. The molecule has 3 rings (SSSR count). The summed E-state index contributed by atoms with van der Waals surface area (Å²) in [6.45, 7) is 0. The van der Waals surface area contributed by atoms with Gasteiger partial charge in [-0.15, -0.1) is 11.8 Å². The number of amides is 1. The number of pyridine rings is 1. The average molecular weight is 441 g/mol. The molecule has 0 atom stereocenters. The van der Waals surface area contributed by atoms with Crippen LogP contribution in [0.4, 0.5) is 5.69 Å². The topological polar surface area (TPSA) is 79.3 Å². The van der Waals surface area contributed by atoms with Gasteiger partial charge in [-0.3, -0.25) is 9.59 Å². The van der Waals surface area contributed by atoms with E-state index in [1.54, 1.807) is 30.1 Å². The molecule has 0 saturated heterocycles. The fourth-order valence-corrected chi connectivity index (χ4v) is 4.01. The van der Waals surface area contributed by atoms with E-state index >= 15 is 0 Å². The van der Waals surface area contributed by atoms with Crippen molar-refractivity contribution in [3.05, 3.63) is 77.6 Å². The van der Waals surface area contributed by atoms with Crippen molar-refractivity contribution in [3.63, 3.8) is 0 Å². The maximum absolute atomic E-state index is 12.6. The number of nitrogens with one attached hydrogen (secondary N) is 1. The lowest BCUT2D eigenvalue weighted by Crippen LogP contribution is -2.13. The van der Waals surface area contributed by atoms with E-state index < -0.39 is 5.97 Å². The molecule has 0 aliphatic heterocycles. The Morgan fingerprint density at radius 3 is 2.50 bits per heavy atom. The van der Waals surface area contributed by atoms with E-state index in [2.05, 4.69) is 10.3 Å². The highest BCUT2D eigenvalue weighted by Crippen LogP contribution is 2.30. The molecule has 5 nitrogen and oxygen atoms in total. The van der Waals surface area contributed by atoms with Crippen molar-refractivity contribution in [3.8, 4) is 11.1 Å². The molecule has 3 aromatic rings. The number of carbonyl (C=O) groups is 2. The molecule has 1 amide bonds. The van der Waals surface area contributed by atoms with E-state index in [9.17, 15) is 9.59 Å². The Labute approximate surface area is 184 Å². The third-order valence-corrected chi connectivity index (χ3v) is 5.80. The molecule has 1 aromatic heterocycles. The van der Waals surface area contributed by atoms with Crippen molar-refractivity contribution in [1.82, 2.24) is 4.98 Å². The average Bonchev–Trinajstić information content (AvgIpc) is 2.74. The van der Waals surface area contributed by atoms with Gasteiger partial charge in [0.05, 0.1) is 5.56 Å². The highest BCUT2D eigenvalue weighted by molar-refractivity contribution is 7.99. The van der Waals surface area contributed by atoms with Crippen LogP contribution in [0, 0.1) is 0 Å².